The molecule has 0 heterocycles. The van der Waals surface area contributed by atoms with Crippen LogP contribution in [0.5, 0.6) is 0 Å². The predicted octanol–water partition coefficient (Wildman–Crippen LogP) is 3.10. The average Bonchev–Trinajstić information content (AvgIpc) is 3.13. The Hall–Kier alpha value is -0.650. The fourth-order valence-corrected chi connectivity index (χ4v) is 3.83. The predicted molar refractivity (Wildman–Crippen MR) is 76.0 cm³/mol. The molecular weight excluding hydrogens is 314 g/mol. The summed E-state index contributed by atoms with van der Waals surface area (Å²) >= 11 is 3.38. The molecule has 98 valence electrons. The lowest BCUT2D eigenvalue weighted by Gasteiger charge is -2.20. The van der Waals surface area contributed by atoms with Gasteiger partial charge in [-0.05, 0) is 43.5 Å². The van der Waals surface area contributed by atoms with E-state index in [0.717, 1.165) is 22.9 Å². The Kier molecular flexibility index (Phi) is 3.94. The summed E-state index contributed by atoms with van der Waals surface area (Å²) in [6.45, 7) is 5.90. The minimum atomic E-state index is -3.40. The molecule has 0 N–H and O–H groups in total. The molecule has 0 radical (unpaired) electrons. The number of hydrogen-bond donors (Lipinski definition) is 0. The van der Waals surface area contributed by atoms with Gasteiger partial charge in [-0.25, -0.2) is 8.42 Å². The molecule has 5 heteroatoms. The molecule has 1 aromatic rings. The highest BCUT2D eigenvalue weighted by atomic mass is 79.9. The zero-order valence-electron chi connectivity index (χ0n) is 10.3. The number of rotatable bonds is 5. The Bertz CT molecular complexity index is 564. The molecule has 1 saturated carbocycles. The van der Waals surface area contributed by atoms with Crippen LogP contribution in [0.3, 0.4) is 0 Å². The molecule has 0 aromatic heterocycles. The van der Waals surface area contributed by atoms with Crippen LogP contribution < -0.4 is 0 Å². The maximum Gasteiger partial charge on any atom is 0.243 e. The molecule has 1 aliphatic rings. The summed E-state index contributed by atoms with van der Waals surface area (Å²) in [5, 5.41) is 0. The number of nitrogens with zero attached hydrogens (tertiary/aromatic N) is 1. The highest BCUT2D eigenvalue weighted by Gasteiger charge is 2.37. The second-order valence-electron chi connectivity index (χ2n) is 4.51. The minimum Gasteiger partial charge on any atom is -0.207 e. The zero-order valence-corrected chi connectivity index (χ0v) is 12.7. The van der Waals surface area contributed by atoms with E-state index < -0.39 is 10.0 Å². The van der Waals surface area contributed by atoms with Crippen molar-refractivity contribution in [3.05, 3.63) is 40.9 Å². The van der Waals surface area contributed by atoms with Gasteiger partial charge in [0.1, 0.15) is 0 Å². The van der Waals surface area contributed by atoms with Gasteiger partial charge >= 0.3 is 0 Å². The molecule has 1 aromatic carbocycles. The van der Waals surface area contributed by atoms with Gasteiger partial charge in [0.25, 0.3) is 0 Å². The Labute approximate surface area is 117 Å². The number of aryl methyl sites for hydroxylation is 1. The van der Waals surface area contributed by atoms with Crippen LogP contribution in [-0.4, -0.2) is 25.3 Å². The van der Waals surface area contributed by atoms with E-state index in [1.54, 1.807) is 28.6 Å². The highest BCUT2D eigenvalue weighted by molar-refractivity contribution is 9.10. The second-order valence-corrected chi connectivity index (χ2v) is 7.25. The summed E-state index contributed by atoms with van der Waals surface area (Å²) in [7, 11) is -3.40. The molecular formula is C13H16BrNO2S. The third-order valence-corrected chi connectivity index (χ3v) is 5.80. The molecule has 0 amide bonds. The topological polar surface area (TPSA) is 37.4 Å². The second kappa shape index (κ2) is 5.15. The Balaban J connectivity index is 2.39. The van der Waals surface area contributed by atoms with Crippen LogP contribution in [0.4, 0.5) is 0 Å². The van der Waals surface area contributed by atoms with Crippen LogP contribution in [0.1, 0.15) is 18.4 Å². The molecule has 1 aliphatic carbocycles. The summed E-state index contributed by atoms with van der Waals surface area (Å²) in [6, 6.07) is 5.28. The summed E-state index contributed by atoms with van der Waals surface area (Å²) in [6.07, 6.45) is 3.53. The van der Waals surface area contributed by atoms with E-state index in [0.29, 0.717) is 11.4 Å². The van der Waals surface area contributed by atoms with Crippen LogP contribution in [0.2, 0.25) is 0 Å². The number of hydrogen-bond acceptors (Lipinski definition) is 2. The van der Waals surface area contributed by atoms with Crippen molar-refractivity contribution in [3.63, 3.8) is 0 Å². The van der Waals surface area contributed by atoms with Crippen LogP contribution in [-0.2, 0) is 10.0 Å². The Morgan fingerprint density at radius 2 is 2.17 bits per heavy atom. The third kappa shape index (κ3) is 2.68. The lowest BCUT2D eigenvalue weighted by Crippen LogP contribution is -2.33. The largest absolute Gasteiger partial charge is 0.243 e. The van der Waals surface area contributed by atoms with Crippen LogP contribution in [0.15, 0.2) is 40.2 Å². The van der Waals surface area contributed by atoms with E-state index in [1.165, 1.54) is 0 Å². The van der Waals surface area contributed by atoms with Gasteiger partial charge in [0.2, 0.25) is 10.0 Å². The smallest absolute Gasteiger partial charge is 0.207 e. The van der Waals surface area contributed by atoms with E-state index in [2.05, 4.69) is 22.5 Å². The van der Waals surface area contributed by atoms with Gasteiger partial charge in [0, 0.05) is 17.1 Å². The van der Waals surface area contributed by atoms with E-state index >= 15 is 0 Å². The van der Waals surface area contributed by atoms with E-state index in [4.69, 9.17) is 0 Å². The molecule has 18 heavy (non-hydrogen) atoms. The first-order valence-corrected chi connectivity index (χ1v) is 8.09. The summed E-state index contributed by atoms with van der Waals surface area (Å²) in [4.78, 5) is 0.358. The summed E-state index contributed by atoms with van der Waals surface area (Å²) in [5.74, 6) is 0. The molecule has 0 atom stereocenters. The van der Waals surface area contributed by atoms with Gasteiger partial charge in [-0.1, -0.05) is 22.0 Å². The highest BCUT2D eigenvalue weighted by Crippen LogP contribution is 2.32. The van der Waals surface area contributed by atoms with E-state index in [-0.39, 0.29) is 6.04 Å². The lowest BCUT2D eigenvalue weighted by atomic mass is 10.2. The zero-order chi connectivity index (χ0) is 13.3. The monoisotopic (exact) mass is 329 g/mol. The van der Waals surface area contributed by atoms with E-state index in [1.807, 2.05) is 6.92 Å². The summed E-state index contributed by atoms with van der Waals surface area (Å²) < 4.78 is 27.5. The molecule has 0 spiro atoms. The van der Waals surface area contributed by atoms with Crippen molar-refractivity contribution >= 4 is 26.0 Å². The van der Waals surface area contributed by atoms with Crippen LogP contribution in [0.25, 0.3) is 0 Å². The standard InChI is InChI=1S/C13H16BrNO2S/c1-3-8-15(11-4-5-11)18(16,17)12-6-7-13(14)10(2)9-12/h3,6-7,9,11H,1,4-5,8H2,2H3. The van der Waals surface area contributed by atoms with E-state index in [9.17, 15) is 8.42 Å². The van der Waals surface area contributed by atoms with Gasteiger partial charge in [-0.15, -0.1) is 6.58 Å². The quantitative estimate of drug-likeness (QED) is 0.778. The van der Waals surface area contributed by atoms with Crippen molar-refractivity contribution in [1.82, 2.24) is 4.31 Å². The van der Waals surface area contributed by atoms with Crippen molar-refractivity contribution in [1.29, 1.82) is 0 Å². The maximum atomic E-state index is 12.5. The molecule has 0 unspecified atom stereocenters. The van der Waals surface area contributed by atoms with Crippen LogP contribution in [0, 0.1) is 6.92 Å². The van der Waals surface area contributed by atoms with Crippen molar-refractivity contribution < 1.29 is 8.42 Å². The first kappa shape index (κ1) is 13.8. The molecule has 0 bridgehead atoms. The molecule has 2 rings (SSSR count). The fourth-order valence-electron chi connectivity index (χ4n) is 1.85. The molecule has 0 saturated heterocycles. The van der Waals surface area contributed by atoms with Crippen molar-refractivity contribution in [2.75, 3.05) is 6.54 Å². The maximum absolute atomic E-state index is 12.5. The lowest BCUT2D eigenvalue weighted by molar-refractivity contribution is 0.436. The number of benzene rings is 1. The van der Waals surface area contributed by atoms with Crippen LogP contribution >= 0.6 is 15.9 Å². The van der Waals surface area contributed by atoms with Crippen molar-refractivity contribution in [2.45, 2.75) is 30.7 Å². The summed E-state index contributed by atoms with van der Waals surface area (Å²) in [5.41, 5.74) is 0.922. The molecule has 1 fully saturated rings. The average molecular weight is 330 g/mol. The number of sulfonamides is 1. The molecule has 0 aliphatic heterocycles. The first-order valence-electron chi connectivity index (χ1n) is 5.85. The van der Waals surface area contributed by atoms with Crippen molar-refractivity contribution in [3.8, 4) is 0 Å². The first-order chi connectivity index (χ1) is 8.46. The minimum absolute atomic E-state index is 0.150. The molecule has 3 nitrogen and oxygen atoms in total. The third-order valence-electron chi connectivity index (χ3n) is 3.00. The van der Waals surface area contributed by atoms with Gasteiger partial charge in [-0.3, -0.25) is 0 Å². The van der Waals surface area contributed by atoms with Gasteiger partial charge < -0.3 is 0 Å². The number of halogens is 1. The Morgan fingerprint density at radius 1 is 1.50 bits per heavy atom. The Morgan fingerprint density at radius 3 is 2.67 bits per heavy atom. The SMILES string of the molecule is C=CCN(C1CC1)S(=O)(=O)c1ccc(Br)c(C)c1. The van der Waals surface area contributed by atoms with Gasteiger partial charge in [0.15, 0.2) is 0 Å². The fraction of sp³-hybridized carbons (Fsp3) is 0.385. The van der Waals surface area contributed by atoms with Crippen molar-refractivity contribution in [2.24, 2.45) is 0 Å². The van der Waals surface area contributed by atoms with Gasteiger partial charge in [0.05, 0.1) is 4.90 Å². The van der Waals surface area contributed by atoms with Gasteiger partial charge in [-0.2, -0.15) is 4.31 Å². The normalized spacial score (nSPS) is 15.9.